The molecule has 4 aromatic rings. The van der Waals surface area contributed by atoms with Crippen molar-refractivity contribution in [2.75, 3.05) is 30.5 Å². The van der Waals surface area contributed by atoms with Gasteiger partial charge in [-0.1, -0.05) is 0 Å². The van der Waals surface area contributed by atoms with Crippen LogP contribution < -0.4 is 10.1 Å². The molecule has 0 bridgehead atoms. The molecule has 0 amide bonds. The molecule has 4 heterocycles. The van der Waals surface area contributed by atoms with Crippen molar-refractivity contribution in [1.29, 1.82) is 0 Å². The van der Waals surface area contributed by atoms with Gasteiger partial charge in [0.2, 0.25) is 5.95 Å². The Hall–Kier alpha value is -3.62. The van der Waals surface area contributed by atoms with Gasteiger partial charge in [-0.05, 0) is 82.3 Å². The predicted octanol–water partition coefficient (Wildman–Crippen LogP) is 5.24. The third-order valence-corrected chi connectivity index (χ3v) is 9.15. The van der Waals surface area contributed by atoms with E-state index in [1.165, 1.54) is 6.07 Å². The lowest BCUT2D eigenvalue weighted by atomic mass is 9.86. The van der Waals surface area contributed by atoms with Gasteiger partial charge in [0.1, 0.15) is 15.5 Å². The maximum Gasteiger partial charge on any atom is 0.337 e. The predicted molar refractivity (Wildman–Crippen MR) is 168 cm³/mol. The normalized spacial score (nSPS) is 14.4. The zero-order valence-electron chi connectivity index (χ0n) is 25.7. The molecule has 0 fully saturated rings. The number of nitrogens with zero attached hydrogens (tertiary/aromatic N) is 4. The number of aromatic nitrogens is 4. The molecule has 3 aromatic heterocycles. The Kier molecular flexibility index (Phi) is 8.46. The first-order valence-corrected chi connectivity index (χ1v) is 17.0. The number of anilines is 1. The van der Waals surface area contributed by atoms with E-state index < -0.39 is 33.3 Å². The average molecular weight is 646 g/mol. The molecule has 0 aliphatic carbocycles. The number of hydrogen-bond acceptors (Lipinski definition) is 10. The van der Waals surface area contributed by atoms with Crippen molar-refractivity contribution in [2.45, 2.75) is 59.2 Å². The second-order valence-corrected chi connectivity index (χ2v) is 15.0. The number of carbonyl (C=O) groups is 1. The fourth-order valence-corrected chi connectivity index (χ4v) is 6.69. The van der Waals surface area contributed by atoms with Gasteiger partial charge in [-0.3, -0.25) is 0 Å². The van der Waals surface area contributed by atoms with E-state index in [0.29, 0.717) is 63.1 Å². The summed E-state index contributed by atoms with van der Waals surface area (Å²) in [6.45, 7) is 9.57. The van der Waals surface area contributed by atoms with Crippen molar-refractivity contribution in [2.24, 2.45) is 7.05 Å². The van der Waals surface area contributed by atoms with Crippen LogP contribution >= 0.6 is 11.5 Å². The smallest absolute Gasteiger partial charge is 0.337 e. The van der Waals surface area contributed by atoms with Crippen LogP contribution in [0.4, 0.5) is 10.3 Å². The fraction of sp³-hybridized carbons (Fsp3) is 0.467. The molecule has 0 saturated carbocycles. The summed E-state index contributed by atoms with van der Waals surface area (Å²) >= 11 is 1.13. The first-order chi connectivity index (χ1) is 20.6. The third kappa shape index (κ3) is 6.28. The minimum absolute atomic E-state index is 0.0615. The molecular weight excluding hydrogens is 609 g/mol. The number of nitrogens with one attached hydrogen (secondary N) is 1. The first-order valence-electron chi connectivity index (χ1n) is 14.2. The zero-order chi connectivity index (χ0) is 32.1. The van der Waals surface area contributed by atoms with Crippen LogP contribution in [0.1, 0.15) is 55.7 Å². The summed E-state index contributed by atoms with van der Waals surface area (Å²) in [5, 5.41) is 14.5. The maximum absolute atomic E-state index is 15.6. The van der Waals surface area contributed by atoms with Gasteiger partial charge in [0.15, 0.2) is 22.7 Å². The van der Waals surface area contributed by atoms with E-state index >= 15 is 4.39 Å². The summed E-state index contributed by atoms with van der Waals surface area (Å²) in [4.78, 5) is 22.2. The Morgan fingerprint density at radius 1 is 1.27 bits per heavy atom. The zero-order valence-corrected chi connectivity index (χ0v) is 27.4. The van der Waals surface area contributed by atoms with Crippen molar-refractivity contribution in [3.63, 3.8) is 0 Å². The number of hydrogen-bond donors (Lipinski definition) is 2. The molecule has 1 aromatic carbocycles. The van der Waals surface area contributed by atoms with Crippen LogP contribution in [0.2, 0.25) is 0 Å². The van der Waals surface area contributed by atoms with Crippen molar-refractivity contribution < 1.29 is 32.2 Å². The van der Waals surface area contributed by atoms with E-state index in [0.717, 1.165) is 35.3 Å². The number of sulfone groups is 1. The molecule has 0 unspecified atom stereocenters. The van der Waals surface area contributed by atoms with E-state index in [2.05, 4.69) is 14.7 Å². The fourth-order valence-electron chi connectivity index (χ4n) is 5.52. The molecule has 44 heavy (non-hydrogen) atoms. The number of carboxylic acid groups (broad SMARTS) is 1. The van der Waals surface area contributed by atoms with Crippen LogP contribution in [0.15, 0.2) is 12.1 Å². The molecular formula is C30H36FN5O6S2. The number of aliphatic carboxylic acids is 1. The van der Waals surface area contributed by atoms with Gasteiger partial charge in [-0.25, -0.2) is 22.6 Å². The van der Waals surface area contributed by atoms with Gasteiger partial charge in [0.25, 0.3) is 0 Å². The molecule has 14 heteroatoms. The third-order valence-electron chi connectivity index (χ3n) is 7.47. The van der Waals surface area contributed by atoms with Crippen LogP contribution in [0.3, 0.4) is 0 Å². The lowest BCUT2D eigenvalue weighted by molar-refractivity contribution is -0.160. The summed E-state index contributed by atoms with van der Waals surface area (Å²) in [7, 11) is -1.33. The molecule has 11 nitrogen and oxygen atoms in total. The van der Waals surface area contributed by atoms with E-state index in [1.807, 2.05) is 24.6 Å². The van der Waals surface area contributed by atoms with Gasteiger partial charge in [-0.15, -0.1) is 0 Å². The average Bonchev–Trinajstić information content (AvgIpc) is 3.52. The van der Waals surface area contributed by atoms with Crippen molar-refractivity contribution in [3.8, 4) is 27.6 Å². The Morgan fingerprint density at radius 3 is 2.66 bits per heavy atom. The van der Waals surface area contributed by atoms with Crippen LogP contribution in [0.5, 0.6) is 5.75 Å². The van der Waals surface area contributed by atoms with Gasteiger partial charge in [0.05, 0.1) is 23.7 Å². The van der Waals surface area contributed by atoms with E-state index in [4.69, 9.17) is 14.5 Å². The van der Waals surface area contributed by atoms with Crippen molar-refractivity contribution in [3.05, 3.63) is 40.3 Å². The second kappa shape index (κ2) is 11.7. The number of fused-ring (bicyclic) bond motifs is 2. The quantitative estimate of drug-likeness (QED) is 0.248. The van der Waals surface area contributed by atoms with Crippen molar-refractivity contribution >= 4 is 44.3 Å². The number of pyridine rings is 1. The number of ether oxygens (including phenoxy) is 2. The van der Waals surface area contributed by atoms with E-state index in [1.54, 1.807) is 27.7 Å². The second-order valence-electron chi connectivity index (χ2n) is 12.0. The number of benzene rings is 1. The van der Waals surface area contributed by atoms with Crippen LogP contribution in [0, 0.1) is 19.7 Å². The standard InChI is InChI=1S/C30H36FN5O6S2/c1-15-17-9-8-11-41-24(17)20(31)13-18(15)23-19-14-21(27-34-29(35-43-27)32-10-12-44(7,39)40)36(6)26(19)33-16(2)22(23)25(28(37)38)42-30(3,4)5/h13-14,25H,8-12H2,1-7H3,(H,32,35)(H,37,38)/t25-/m0/s1. The molecule has 1 atom stereocenters. The highest BCUT2D eigenvalue weighted by Gasteiger charge is 2.34. The molecule has 0 spiro atoms. The lowest BCUT2D eigenvalue weighted by Gasteiger charge is -2.29. The minimum Gasteiger partial charge on any atom is -0.490 e. The summed E-state index contributed by atoms with van der Waals surface area (Å²) < 4.78 is 56.6. The highest BCUT2D eigenvalue weighted by Crippen LogP contribution is 2.45. The molecule has 1 aliphatic rings. The molecule has 2 N–H and O–H groups in total. The molecule has 5 rings (SSSR count). The highest BCUT2D eigenvalue weighted by molar-refractivity contribution is 7.90. The van der Waals surface area contributed by atoms with Crippen LogP contribution in [-0.2, 0) is 32.8 Å². The lowest BCUT2D eigenvalue weighted by Crippen LogP contribution is -2.28. The Balaban J connectivity index is 1.75. The number of aryl methyl sites for hydroxylation is 2. The molecule has 0 radical (unpaired) electrons. The Labute approximate surface area is 259 Å². The maximum atomic E-state index is 15.6. The monoisotopic (exact) mass is 645 g/mol. The molecule has 0 saturated heterocycles. The Morgan fingerprint density at radius 2 is 2.00 bits per heavy atom. The summed E-state index contributed by atoms with van der Waals surface area (Å²) in [5.41, 5.74) is 3.80. The highest BCUT2D eigenvalue weighted by atomic mass is 32.2. The van der Waals surface area contributed by atoms with Crippen LogP contribution in [-0.4, -0.2) is 69.2 Å². The molecule has 1 aliphatic heterocycles. The van der Waals surface area contributed by atoms with Gasteiger partial charge >= 0.3 is 5.97 Å². The topological polar surface area (TPSA) is 146 Å². The van der Waals surface area contributed by atoms with E-state index in [-0.39, 0.29) is 18.0 Å². The number of carboxylic acids is 1. The van der Waals surface area contributed by atoms with Crippen LogP contribution in [0.25, 0.3) is 32.9 Å². The van der Waals surface area contributed by atoms with E-state index in [9.17, 15) is 18.3 Å². The SMILES string of the molecule is Cc1nc2c(cc(-c3nc(NCCS(C)(=O)=O)ns3)n2C)c(-c2cc(F)c3c(c2C)CCCO3)c1[C@H](OC(C)(C)C)C(=O)O. The van der Waals surface area contributed by atoms with Gasteiger partial charge in [-0.2, -0.15) is 9.36 Å². The largest absolute Gasteiger partial charge is 0.490 e. The Bertz CT molecular complexity index is 1880. The summed E-state index contributed by atoms with van der Waals surface area (Å²) in [6.07, 6.45) is 1.16. The number of rotatable bonds is 9. The van der Waals surface area contributed by atoms with Gasteiger partial charge in [0, 0.05) is 47.6 Å². The minimum atomic E-state index is -3.15. The first kappa shape index (κ1) is 31.8. The van der Waals surface area contributed by atoms with Gasteiger partial charge < -0.3 is 24.5 Å². The van der Waals surface area contributed by atoms with Crippen molar-refractivity contribution in [1.82, 2.24) is 18.9 Å². The summed E-state index contributed by atoms with van der Waals surface area (Å²) in [5.74, 6) is -1.23. The summed E-state index contributed by atoms with van der Waals surface area (Å²) in [6, 6.07) is 3.26. The molecule has 236 valence electrons. The number of halogens is 1.